The maximum Gasteiger partial charge on any atom is 0.361 e. The number of nitrogens with zero attached hydrogens (tertiary/aromatic N) is 4. The zero-order valence-electron chi connectivity index (χ0n) is 14.8. The third kappa shape index (κ3) is 4.72. The van der Waals surface area contributed by atoms with Gasteiger partial charge in [-0.3, -0.25) is 4.79 Å². The molecule has 0 N–H and O–H groups in total. The molecule has 3 aromatic rings. The zero-order valence-corrected chi connectivity index (χ0v) is 16.3. The fraction of sp³-hybridized carbons (Fsp3) is 0.222. The Hall–Kier alpha value is -2.71. The lowest BCUT2D eigenvalue weighted by atomic mass is 10.3. The number of likely N-dealkylation sites (N-methyl/N-ethyl adjacent to an activating group) is 1. The summed E-state index contributed by atoms with van der Waals surface area (Å²) in [6.07, 6.45) is 0. The predicted molar refractivity (Wildman–Crippen MR) is 102 cm³/mol. The molecular formula is C18H17ClN4O3S. The summed E-state index contributed by atoms with van der Waals surface area (Å²) in [5, 5.41) is 12.8. The molecule has 0 aliphatic heterocycles. The molecule has 0 bridgehead atoms. The topological polar surface area (TPSA) is 77.3 Å². The number of amides is 1. The van der Waals surface area contributed by atoms with Crippen LogP contribution in [0.25, 0.3) is 5.69 Å². The Bertz CT molecular complexity index is 955. The highest BCUT2D eigenvalue weighted by atomic mass is 35.5. The lowest BCUT2D eigenvalue weighted by Crippen LogP contribution is -2.30. The SMILES string of the molecule is Cc1nn(-c2cccc(Cl)c2)nc1C(=O)OCC(=O)N(C)Cc1ccsc1. The Kier molecular flexibility index (Phi) is 5.88. The number of carbonyl (C=O) groups excluding carboxylic acids is 2. The van der Waals surface area contributed by atoms with Gasteiger partial charge in [0, 0.05) is 18.6 Å². The Morgan fingerprint density at radius 3 is 2.81 bits per heavy atom. The van der Waals surface area contributed by atoms with E-state index in [4.69, 9.17) is 16.3 Å². The average molecular weight is 405 g/mol. The number of halogens is 1. The van der Waals surface area contributed by atoms with E-state index in [-0.39, 0.29) is 18.2 Å². The maximum absolute atomic E-state index is 12.3. The van der Waals surface area contributed by atoms with Gasteiger partial charge >= 0.3 is 5.97 Å². The molecule has 0 aliphatic rings. The van der Waals surface area contributed by atoms with Crippen LogP contribution in [0.4, 0.5) is 0 Å². The van der Waals surface area contributed by atoms with Crippen LogP contribution in [-0.2, 0) is 16.1 Å². The Morgan fingerprint density at radius 2 is 2.11 bits per heavy atom. The molecule has 9 heteroatoms. The van der Waals surface area contributed by atoms with Crippen molar-refractivity contribution >= 4 is 34.8 Å². The van der Waals surface area contributed by atoms with Gasteiger partial charge < -0.3 is 9.64 Å². The quantitative estimate of drug-likeness (QED) is 0.590. The van der Waals surface area contributed by atoms with Crippen molar-refractivity contribution in [3.63, 3.8) is 0 Å². The van der Waals surface area contributed by atoms with Gasteiger partial charge in [0.15, 0.2) is 12.3 Å². The fourth-order valence-electron chi connectivity index (χ4n) is 2.33. The highest BCUT2D eigenvalue weighted by Crippen LogP contribution is 2.15. The van der Waals surface area contributed by atoms with Crippen molar-refractivity contribution in [2.45, 2.75) is 13.5 Å². The second kappa shape index (κ2) is 8.32. The molecule has 140 valence electrons. The minimum Gasteiger partial charge on any atom is -0.451 e. The number of rotatable bonds is 6. The molecule has 0 saturated carbocycles. The van der Waals surface area contributed by atoms with Gasteiger partial charge in [-0.25, -0.2) is 4.79 Å². The van der Waals surface area contributed by atoms with E-state index in [1.165, 1.54) is 9.70 Å². The Morgan fingerprint density at radius 1 is 1.30 bits per heavy atom. The standard InChI is InChI=1S/C18H17ClN4O3S/c1-12-17(21-23(20-12)15-5-3-4-14(19)8-15)18(25)26-10-16(24)22(2)9-13-6-7-27-11-13/h3-8,11H,9-10H2,1-2H3. The summed E-state index contributed by atoms with van der Waals surface area (Å²) in [5.41, 5.74) is 2.11. The maximum atomic E-state index is 12.3. The molecule has 7 nitrogen and oxygen atoms in total. The number of thiophene rings is 1. The van der Waals surface area contributed by atoms with E-state index < -0.39 is 5.97 Å². The van der Waals surface area contributed by atoms with Crippen LogP contribution in [0.2, 0.25) is 5.02 Å². The number of aromatic nitrogens is 3. The summed E-state index contributed by atoms with van der Waals surface area (Å²) in [6.45, 7) is 1.75. The minimum absolute atomic E-state index is 0.0586. The monoisotopic (exact) mass is 404 g/mol. The van der Waals surface area contributed by atoms with Crippen molar-refractivity contribution in [2.24, 2.45) is 0 Å². The molecule has 1 aromatic carbocycles. The summed E-state index contributed by atoms with van der Waals surface area (Å²) < 4.78 is 5.11. The van der Waals surface area contributed by atoms with Gasteiger partial charge in [-0.1, -0.05) is 17.7 Å². The van der Waals surface area contributed by atoms with Crippen molar-refractivity contribution in [3.05, 3.63) is 63.1 Å². The zero-order chi connectivity index (χ0) is 19.4. The highest BCUT2D eigenvalue weighted by Gasteiger charge is 2.20. The first kappa shape index (κ1) is 19.1. The van der Waals surface area contributed by atoms with E-state index in [2.05, 4.69) is 10.2 Å². The number of ether oxygens (including phenoxy) is 1. The number of esters is 1. The molecule has 1 amide bonds. The third-order valence-electron chi connectivity index (χ3n) is 3.77. The van der Waals surface area contributed by atoms with Gasteiger partial charge in [-0.05, 0) is 47.5 Å². The van der Waals surface area contributed by atoms with Crippen LogP contribution in [0.15, 0.2) is 41.1 Å². The second-order valence-electron chi connectivity index (χ2n) is 5.86. The van der Waals surface area contributed by atoms with E-state index in [1.54, 1.807) is 49.6 Å². The lowest BCUT2D eigenvalue weighted by molar-refractivity contribution is -0.133. The van der Waals surface area contributed by atoms with Crippen molar-refractivity contribution in [2.75, 3.05) is 13.7 Å². The summed E-state index contributed by atoms with van der Waals surface area (Å²) in [6, 6.07) is 8.88. The lowest BCUT2D eigenvalue weighted by Gasteiger charge is -2.16. The van der Waals surface area contributed by atoms with Gasteiger partial charge in [0.2, 0.25) is 0 Å². The van der Waals surface area contributed by atoms with Crippen LogP contribution in [-0.4, -0.2) is 45.4 Å². The largest absolute Gasteiger partial charge is 0.451 e. The van der Waals surface area contributed by atoms with Gasteiger partial charge in [-0.15, -0.1) is 5.10 Å². The minimum atomic E-state index is -0.696. The first-order valence-electron chi connectivity index (χ1n) is 8.06. The number of hydrogen-bond donors (Lipinski definition) is 0. The Balaban J connectivity index is 1.62. The normalized spacial score (nSPS) is 10.6. The van der Waals surface area contributed by atoms with E-state index >= 15 is 0 Å². The van der Waals surface area contributed by atoms with E-state index in [9.17, 15) is 9.59 Å². The molecule has 0 fully saturated rings. The van der Waals surface area contributed by atoms with Crippen LogP contribution < -0.4 is 0 Å². The van der Waals surface area contributed by atoms with Crippen LogP contribution >= 0.6 is 22.9 Å². The number of benzene rings is 1. The highest BCUT2D eigenvalue weighted by molar-refractivity contribution is 7.07. The summed E-state index contributed by atoms with van der Waals surface area (Å²) in [5.74, 6) is -0.993. The fourth-order valence-corrected chi connectivity index (χ4v) is 3.18. The van der Waals surface area contributed by atoms with Crippen molar-refractivity contribution < 1.29 is 14.3 Å². The van der Waals surface area contributed by atoms with Crippen molar-refractivity contribution in [3.8, 4) is 5.69 Å². The molecule has 0 saturated heterocycles. The van der Waals surface area contributed by atoms with Crippen LogP contribution in [0.5, 0.6) is 0 Å². The van der Waals surface area contributed by atoms with Gasteiger partial charge in [-0.2, -0.15) is 21.2 Å². The molecule has 2 aromatic heterocycles. The van der Waals surface area contributed by atoms with E-state index in [1.807, 2.05) is 16.8 Å². The molecule has 0 spiro atoms. The summed E-state index contributed by atoms with van der Waals surface area (Å²) in [7, 11) is 1.66. The number of carbonyl (C=O) groups is 2. The van der Waals surface area contributed by atoms with Gasteiger partial charge in [0.1, 0.15) is 0 Å². The molecule has 0 unspecified atom stereocenters. The second-order valence-corrected chi connectivity index (χ2v) is 7.08. The van der Waals surface area contributed by atoms with Crippen molar-refractivity contribution in [1.29, 1.82) is 0 Å². The van der Waals surface area contributed by atoms with Crippen LogP contribution in [0, 0.1) is 6.92 Å². The van der Waals surface area contributed by atoms with Crippen molar-refractivity contribution in [1.82, 2.24) is 19.9 Å². The predicted octanol–water partition coefficient (Wildman–Crippen LogP) is 3.11. The molecule has 0 atom stereocenters. The van der Waals surface area contributed by atoms with Crippen LogP contribution in [0.1, 0.15) is 21.7 Å². The molecule has 27 heavy (non-hydrogen) atoms. The average Bonchev–Trinajstić information content (AvgIpc) is 3.29. The first-order valence-corrected chi connectivity index (χ1v) is 9.38. The molecular weight excluding hydrogens is 388 g/mol. The number of aryl methyl sites for hydroxylation is 1. The van der Waals surface area contributed by atoms with E-state index in [0.29, 0.717) is 22.9 Å². The Labute approximate surface area is 165 Å². The first-order chi connectivity index (χ1) is 12.9. The molecule has 3 rings (SSSR count). The molecule has 2 heterocycles. The number of hydrogen-bond acceptors (Lipinski definition) is 6. The molecule has 0 radical (unpaired) electrons. The molecule has 0 aliphatic carbocycles. The third-order valence-corrected chi connectivity index (χ3v) is 4.73. The van der Waals surface area contributed by atoms with E-state index in [0.717, 1.165) is 5.56 Å². The van der Waals surface area contributed by atoms with Crippen LogP contribution in [0.3, 0.4) is 0 Å². The van der Waals surface area contributed by atoms with Gasteiger partial charge in [0.25, 0.3) is 5.91 Å². The van der Waals surface area contributed by atoms with Gasteiger partial charge in [0.05, 0.1) is 11.4 Å². The summed E-state index contributed by atoms with van der Waals surface area (Å²) >= 11 is 7.53. The summed E-state index contributed by atoms with van der Waals surface area (Å²) in [4.78, 5) is 27.3. The smallest absolute Gasteiger partial charge is 0.361 e.